The molecule has 0 saturated carbocycles. The zero-order chi connectivity index (χ0) is 13.3. The molecule has 2 nitrogen and oxygen atoms in total. The molecule has 0 bridgehead atoms. The number of nitrogens with one attached hydrogen (secondary N) is 1. The summed E-state index contributed by atoms with van der Waals surface area (Å²) in [7, 11) is 0. The second-order valence-corrected chi connectivity index (χ2v) is 4.87. The van der Waals surface area contributed by atoms with Crippen molar-refractivity contribution in [3.8, 4) is 0 Å². The van der Waals surface area contributed by atoms with Crippen LogP contribution in [0.2, 0.25) is 0 Å². The van der Waals surface area contributed by atoms with Crippen molar-refractivity contribution in [2.45, 2.75) is 32.2 Å². The lowest BCUT2D eigenvalue weighted by Gasteiger charge is -2.12. The van der Waals surface area contributed by atoms with Crippen LogP contribution in [0.3, 0.4) is 0 Å². The Morgan fingerprint density at radius 1 is 1.00 bits per heavy atom. The van der Waals surface area contributed by atoms with Crippen LogP contribution in [0.15, 0.2) is 54.7 Å². The smallest absolute Gasteiger partial charge is 0.0570 e. The van der Waals surface area contributed by atoms with Crippen LogP contribution in [0.1, 0.15) is 37.1 Å². The number of rotatable bonds is 7. The van der Waals surface area contributed by atoms with Crippen LogP contribution in [0.4, 0.5) is 0 Å². The van der Waals surface area contributed by atoms with E-state index in [0.717, 1.165) is 12.2 Å². The molecule has 19 heavy (non-hydrogen) atoms. The minimum absolute atomic E-state index is 0.331. The predicted octanol–water partition coefficient (Wildman–Crippen LogP) is 3.76. The molecule has 0 radical (unpaired) electrons. The van der Waals surface area contributed by atoms with Gasteiger partial charge in [-0.25, -0.2) is 0 Å². The number of pyridine rings is 1. The molecular weight excluding hydrogens is 232 g/mol. The number of benzene rings is 1. The van der Waals surface area contributed by atoms with Crippen molar-refractivity contribution in [3.05, 3.63) is 66.0 Å². The van der Waals surface area contributed by atoms with Gasteiger partial charge in [0.05, 0.1) is 5.69 Å². The van der Waals surface area contributed by atoms with Crippen LogP contribution in [-0.2, 0) is 6.42 Å². The van der Waals surface area contributed by atoms with Crippen molar-refractivity contribution in [2.75, 3.05) is 6.54 Å². The molecule has 1 atom stereocenters. The SMILES string of the molecule is CC(NCCCCc1ccccc1)c1ccccn1. The molecule has 0 aliphatic heterocycles. The highest BCUT2D eigenvalue weighted by Crippen LogP contribution is 2.08. The van der Waals surface area contributed by atoms with E-state index in [1.807, 2.05) is 18.3 Å². The third-order valence-corrected chi connectivity index (χ3v) is 3.32. The standard InChI is InChI=1S/C17H22N2/c1-15(17-12-6-8-14-19-17)18-13-7-5-11-16-9-3-2-4-10-16/h2-4,6,8-10,12,14-15,18H,5,7,11,13H2,1H3. The Balaban J connectivity index is 1.62. The molecule has 1 heterocycles. The van der Waals surface area contributed by atoms with Crippen molar-refractivity contribution < 1.29 is 0 Å². The van der Waals surface area contributed by atoms with Crippen molar-refractivity contribution in [1.82, 2.24) is 10.3 Å². The van der Waals surface area contributed by atoms with Gasteiger partial charge in [-0.3, -0.25) is 4.98 Å². The lowest BCUT2D eigenvalue weighted by molar-refractivity contribution is 0.537. The van der Waals surface area contributed by atoms with Crippen molar-refractivity contribution in [1.29, 1.82) is 0 Å². The fourth-order valence-corrected chi connectivity index (χ4v) is 2.15. The second-order valence-electron chi connectivity index (χ2n) is 4.87. The first-order chi connectivity index (χ1) is 9.36. The maximum atomic E-state index is 4.36. The van der Waals surface area contributed by atoms with Crippen LogP contribution in [0.25, 0.3) is 0 Å². The van der Waals surface area contributed by atoms with Gasteiger partial charge in [-0.1, -0.05) is 36.4 Å². The average Bonchev–Trinajstić information content (AvgIpc) is 2.49. The average molecular weight is 254 g/mol. The third-order valence-electron chi connectivity index (χ3n) is 3.32. The molecule has 100 valence electrons. The van der Waals surface area contributed by atoms with Crippen molar-refractivity contribution in [2.24, 2.45) is 0 Å². The summed E-state index contributed by atoms with van der Waals surface area (Å²) in [5.41, 5.74) is 2.55. The summed E-state index contributed by atoms with van der Waals surface area (Å²) in [5, 5.41) is 3.52. The lowest BCUT2D eigenvalue weighted by Crippen LogP contribution is -2.20. The van der Waals surface area contributed by atoms with Gasteiger partial charge >= 0.3 is 0 Å². The lowest BCUT2D eigenvalue weighted by atomic mass is 10.1. The number of unbranched alkanes of at least 4 members (excludes halogenated alkanes) is 1. The van der Waals surface area contributed by atoms with Gasteiger partial charge in [-0.2, -0.15) is 0 Å². The molecule has 0 fully saturated rings. The molecule has 0 aliphatic rings. The highest BCUT2D eigenvalue weighted by molar-refractivity contribution is 5.14. The summed E-state index contributed by atoms with van der Waals surface area (Å²) in [5.74, 6) is 0. The molecule has 0 amide bonds. The van der Waals surface area contributed by atoms with Crippen LogP contribution in [0, 0.1) is 0 Å². The number of nitrogens with zero attached hydrogens (tertiary/aromatic N) is 1. The van der Waals surface area contributed by atoms with Crippen molar-refractivity contribution in [3.63, 3.8) is 0 Å². The van der Waals surface area contributed by atoms with Crippen LogP contribution >= 0.6 is 0 Å². The molecule has 2 rings (SSSR count). The second kappa shape index (κ2) is 7.70. The van der Waals surface area contributed by atoms with E-state index in [4.69, 9.17) is 0 Å². The Hall–Kier alpha value is -1.67. The normalized spacial score (nSPS) is 12.3. The molecule has 0 saturated heterocycles. The van der Waals surface area contributed by atoms with Gasteiger partial charge in [0, 0.05) is 12.2 Å². The van der Waals surface area contributed by atoms with Gasteiger partial charge in [-0.15, -0.1) is 0 Å². The minimum atomic E-state index is 0.331. The summed E-state index contributed by atoms with van der Waals surface area (Å²) in [4.78, 5) is 4.36. The Labute approximate surface area is 115 Å². The zero-order valence-electron chi connectivity index (χ0n) is 11.5. The summed E-state index contributed by atoms with van der Waals surface area (Å²) >= 11 is 0. The van der Waals surface area contributed by atoms with E-state index in [0.29, 0.717) is 6.04 Å². The van der Waals surface area contributed by atoms with Crippen LogP contribution in [0.5, 0.6) is 0 Å². The van der Waals surface area contributed by atoms with Gasteiger partial charge < -0.3 is 5.32 Å². The highest BCUT2D eigenvalue weighted by Gasteiger charge is 2.04. The Kier molecular flexibility index (Phi) is 5.57. The van der Waals surface area contributed by atoms with E-state index >= 15 is 0 Å². The first-order valence-corrected chi connectivity index (χ1v) is 7.04. The first kappa shape index (κ1) is 13.8. The molecule has 1 aromatic heterocycles. The van der Waals surface area contributed by atoms with E-state index in [2.05, 4.69) is 53.6 Å². The van der Waals surface area contributed by atoms with Gasteiger partial charge in [0.15, 0.2) is 0 Å². The monoisotopic (exact) mass is 254 g/mol. The number of hydrogen-bond acceptors (Lipinski definition) is 2. The molecule has 1 unspecified atom stereocenters. The van der Waals surface area contributed by atoms with Gasteiger partial charge in [-0.05, 0) is 50.4 Å². The number of aromatic nitrogens is 1. The maximum Gasteiger partial charge on any atom is 0.0570 e. The largest absolute Gasteiger partial charge is 0.309 e. The van der Waals surface area contributed by atoms with Crippen LogP contribution in [-0.4, -0.2) is 11.5 Å². The summed E-state index contributed by atoms with van der Waals surface area (Å²) in [6.45, 7) is 3.21. The van der Waals surface area contributed by atoms with E-state index in [1.54, 1.807) is 0 Å². The van der Waals surface area contributed by atoms with E-state index in [1.165, 1.54) is 24.8 Å². The molecule has 0 aliphatic carbocycles. The molecule has 2 heteroatoms. The summed E-state index contributed by atoms with van der Waals surface area (Å²) < 4.78 is 0. The van der Waals surface area contributed by atoms with Gasteiger partial charge in [0.2, 0.25) is 0 Å². The van der Waals surface area contributed by atoms with E-state index in [-0.39, 0.29) is 0 Å². The fourth-order valence-electron chi connectivity index (χ4n) is 2.15. The molecular formula is C17H22N2. The zero-order valence-corrected chi connectivity index (χ0v) is 11.5. The van der Waals surface area contributed by atoms with Gasteiger partial charge in [0.1, 0.15) is 0 Å². The molecule has 2 aromatic rings. The molecule has 0 spiro atoms. The van der Waals surface area contributed by atoms with Gasteiger partial charge in [0.25, 0.3) is 0 Å². The number of aryl methyl sites for hydroxylation is 1. The maximum absolute atomic E-state index is 4.36. The predicted molar refractivity (Wildman–Crippen MR) is 80.0 cm³/mol. The summed E-state index contributed by atoms with van der Waals surface area (Å²) in [6.07, 6.45) is 5.45. The minimum Gasteiger partial charge on any atom is -0.309 e. The molecule has 1 N–H and O–H groups in total. The van der Waals surface area contributed by atoms with Crippen LogP contribution < -0.4 is 5.32 Å². The summed E-state index contributed by atoms with van der Waals surface area (Å²) in [6, 6.07) is 17.1. The number of hydrogen-bond donors (Lipinski definition) is 1. The third kappa shape index (κ3) is 4.84. The Bertz CT molecular complexity index is 453. The van der Waals surface area contributed by atoms with E-state index < -0.39 is 0 Å². The fraction of sp³-hybridized carbons (Fsp3) is 0.353. The highest BCUT2D eigenvalue weighted by atomic mass is 14.9. The quantitative estimate of drug-likeness (QED) is 0.761. The Morgan fingerprint density at radius 2 is 1.79 bits per heavy atom. The Morgan fingerprint density at radius 3 is 2.53 bits per heavy atom. The van der Waals surface area contributed by atoms with E-state index in [9.17, 15) is 0 Å². The first-order valence-electron chi connectivity index (χ1n) is 7.04. The van der Waals surface area contributed by atoms with Crippen molar-refractivity contribution >= 4 is 0 Å². The topological polar surface area (TPSA) is 24.9 Å². The molecule has 1 aromatic carbocycles.